The maximum atomic E-state index is 6.40. The minimum atomic E-state index is 0.348. The fourth-order valence-electron chi connectivity index (χ4n) is 4.27. The average Bonchev–Trinajstić information content (AvgIpc) is 3.69. The summed E-state index contributed by atoms with van der Waals surface area (Å²) in [6.45, 7) is 5.61. The van der Waals surface area contributed by atoms with Crippen molar-refractivity contribution in [2.75, 3.05) is 45.4 Å². The van der Waals surface area contributed by atoms with Crippen molar-refractivity contribution >= 4 is 43.7 Å². The summed E-state index contributed by atoms with van der Waals surface area (Å²) in [5.74, 6) is 2.10. The van der Waals surface area contributed by atoms with Gasteiger partial charge in [-0.1, -0.05) is 6.92 Å². The topological polar surface area (TPSA) is 96.4 Å². The highest BCUT2D eigenvalue weighted by Crippen LogP contribution is 2.41. The van der Waals surface area contributed by atoms with Crippen molar-refractivity contribution in [2.45, 2.75) is 20.0 Å². The number of ether oxygens (including phenoxy) is 4. The number of imidazole rings is 1. The number of anilines is 1. The molecule has 0 atom stereocenters. The first-order chi connectivity index (χ1) is 17.7. The van der Waals surface area contributed by atoms with Gasteiger partial charge in [-0.15, -0.1) is 16.4 Å². The zero-order valence-corrected chi connectivity index (χ0v) is 21.8. The van der Waals surface area contributed by atoms with Crippen LogP contribution in [0.1, 0.15) is 18.2 Å². The molecule has 0 saturated carbocycles. The van der Waals surface area contributed by atoms with Crippen LogP contribution in [0.4, 0.5) is 5.13 Å². The number of fused-ring (bicyclic) bond motifs is 2. The quantitative estimate of drug-likeness (QED) is 0.285. The summed E-state index contributed by atoms with van der Waals surface area (Å²) in [6, 6.07) is 3.87. The van der Waals surface area contributed by atoms with Gasteiger partial charge in [-0.25, -0.2) is 14.5 Å². The van der Waals surface area contributed by atoms with Gasteiger partial charge in [-0.05, 0) is 23.8 Å². The summed E-state index contributed by atoms with van der Waals surface area (Å²) in [5.41, 5.74) is 3.23. The van der Waals surface area contributed by atoms with E-state index in [0.29, 0.717) is 28.8 Å². The van der Waals surface area contributed by atoms with Crippen LogP contribution in [0, 0.1) is 0 Å². The van der Waals surface area contributed by atoms with Crippen molar-refractivity contribution in [1.82, 2.24) is 19.6 Å². The summed E-state index contributed by atoms with van der Waals surface area (Å²) in [7, 11) is 3.25. The molecular weight excluding hydrogens is 502 g/mol. The second-order valence-corrected chi connectivity index (χ2v) is 9.95. The van der Waals surface area contributed by atoms with Crippen LogP contribution in [-0.2, 0) is 17.8 Å². The standard InChI is InChI=1S/C24H25N5O5S2/c1-4-15-18(30-2)10-19-16(9-20(34-19)17-11-29-23(26-17)36-24(27-29)31-3)21(15)33-12-14-13-35-22(25-14)28-5-7-32-8-6-28/h9-11,13H,4-8,12H2,1-3H3. The normalized spacial score (nSPS) is 14.1. The Bertz CT molecular complexity index is 1480. The van der Waals surface area contributed by atoms with Crippen molar-refractivity contribution in [1.29, 1.82) is 0 Å². The Morgan fingerprint density at radius 3 is 2.72 bits per heavy atom. The van der Waals surface area contributed by atoms with E-state index >= 15 is 0 Å². The number of thiazole rings is 1. The number of aromatic nitrogens is 4. The van der Waals surface area contributed by atoms with Gasteiger partial charge < -0.3 is 28.3 Å². The Kier molecular flexibility index (Phi) is 6.15. The maximum Gasteiger partial charge on any atom is 0.294 e. The van der Waals surface area contributed by atoms with E-state index in [1.54, 1.807) is 30.1 Å². The second kappa shape index (κ2) is 9.60. The lowest BCUT2D eigenvalue weighted by atomic mass is 10.1. The number of benzene rings is 1. The Morgan fingerprint density at radius 2 is 1.97 bits per heavy atom. The molecular formula is C24H25N5O5S2. The molecule has 0 N–H and O–H groups in total. The lowest BCUT2D eigenvalue weighted by Gasteiger charge is -2.26. The molecule has 1 fully saturated rings. The van der Waals surface area contributed by atoms with Crippen LogP contribution < -0.4 is 19.1 Å². The summed E-state index contributed by atoms with van der Waals surface area (Å²) in [6.07, 6.45) is 2.57. The van der Waals surface area contributed by atoms with Gasteiger partial charge in [-0.3, -0.25) is 0 Å². The summed E-state index contributed by atoms with van der Waals surface area (Å²) in [4.78, 5) is 12.4. The Balaban J connectivity index is 1.33. The van der Waals surface area contributed by atoms with E-state index in [-0.39, 0.29) is 0 Å². The SMILES string of the molecule is CCc1c(OC)cc2oc(-c3cn4nc(OC)sc4n3)cc2c1OCc1csc(N2CCOCC2)n1. The molecule has 1 aromatic carbocycles. The molecule has 10 nitrogen and oxygen atoms in total. The highest BCUT2D eigenvalue weighted by Gasteiger charge is 2.21. The Morgan fingerprint density at radius 1 is 1.11 bits per heavy atom. The fourth-order valence-corrected chi connectivity index (χ4v) is 5.83. The van der Waals surface area contributed by atoms with Gasteiger partial charge in [0.1, 0.15) is 29.4 Å². The summed E-state index contributed by atoms with van der Waals surface area (Å²) >= 11 is 3.00. The molecule has 0 aliphatic carbocycles. The highest BCUT2D eigenvalue weighted by molar-refractivity contribution is 7.18. The van der Waals surface area contributed by atoms with E-state index in [2.05, 4.69) is 21.9 Å². The molecule has 12 heteroatoms. The van der Waals surface area contributed by atoms with Gasteiger partial charge in [0.15, 0.2) is 10.9 Å². The number of hydrogen-bond donors (Lipinski definition) is 0. The largest absolute Gasteiger partial charge is 0.496 e. The number of morpholine rings is 1. The van der Waals surface area contributed by atoms with Crippen LogP contribution in [0.25, 0.3) is 27.4 Å². The number of methoxy groups -OCH3 is 2. The van der Waals surface area contributed by atoms with Crippen molar-refractivity contribution in [3.8, 4) is 28.1 Å². The summed E-state index contributed by atoms with van der Waals surface area (Å²) < 4.78 is 30.6. The third-order valence-corrected chi connectivity index (χ3v) is 7.88. The van der Waals surface area contributed by atoms with Crippen molar-refractivity contribution < 1.29 is 23.4 Å². The zero-order chi connectivity index (χ0) is 24.6. The minimum Gasteiger partial charge on any atom is -0.496 e. The van der Waals surface area contributed by atoms with Gasteiger partial charge in [-0.2, -0.15) is 0 Å². The molecule has 6 rings (SSSR count). The first-order valence-corrected chi connectivity index (χ1v) is 13.3. The zero-order valence-electron chi connectivity index (χ0n) is 20.1. The van der Waals surface area contributed by atoms with Crippen molar-refractivity contribution in [3.63, 3.8) is 0 Å². The van der Waals surface area contributed by atoms with Crippen molar-refractivity contribution in [3.05, 3.63) is 35.0 Å². The molecule has 0 radical (unpaired) electrons. The molecule has 188 valence electrons. The predicted octanol–water partition coefficient (Wildman–Crippen LogP) is 4.66. The second-order valence-electron chi connectivity index (χ2n) is 8.20. The molecule has 1 saturated heterocycles. The maximum absolute atomic E-state index is 6.40. The highest BCUT2D eigenvalue weighted by atomic mass is 32.1. The van der Waals surface area contributed by atoms with E-state index in [9.17, 15) is 0 Å². The number of furan rings is 1. The Labute approximate surface area is 215 Å². The molecule has 1 aliphatic rings. The number of nitrogens with zero attached hydrogens (tertiary/aromatic N) is 5. The van der Waals surface area contributed by atoms with Crippen LogP contribution in [0.2, 0.25) is 0 Å². The summed E-state index contributed by atoms with van der Waals surface area (Å²) in [5, 5.41) is 8.82. The average molecular weight is 528 g/mol. The first kappa shape index (κ1) is 23.1. The Hall–Kier alpha value is -3.35. The fraction of sp³-hybridized carbons (Fsp3) is 0.375. The van der Waals surface area contributed by atoms with Gasteiger partial charge in [0.2, 0.25) is 4.96 Å². The van der Waals surface area contributed by atoms with Crippen LogP contribution in [-0.4, -0.2) is 60.1 Å². The molecule has 5 aromatic rings. The molecule has 0 bridgehead atoms. The van der Waals surface area contributed by atoms with E-state index in [0.717, 1.165) is 71.0 Å². The number of hydrogen-bond acceptors (Lipinski definition) is 11. The monoisotopic (exact) mass is 527 g/mol. The van der Waals surface area contributed by atoms with E-state index in [4.69, 9.17) is 28.3 Å². The van der Waals surface area contributed by atoms with Gasteiger partial charge in [0.25, 0.3) is 5.19 Å². The van der Waals surface area contributed by atoms with Gasteiger partial charge >= 0.3 is 0 Å². The molecule has 36 heavy (non-hydrogen) atoms. The lowest BCUT2D eigenvalue weighted by molar-refractivity contribution is 0.122. The van der Waals surface area contributed by atoms with Crippen molar-refractivity contribution in [2.24, 2.45) is 0 Å². The molecule has 4 aromatic heterocycles. The first-order valence-electron chi connectivity index (χ1n) is 11.6. The van der Waals surface area contributed by atoms with Gasteiger partial charge in [0, 0.05) is 30.1 Å². The van der Waals surface area contributed by atoms with Crippen LogP contribution in [0.5, 0.6) is 16.7 Å². The molecule has 5 heterocycles. The molecule has 0 amide bonds. The third kappa shape index (κ3) is 4.14. The number of rotatable bonds is 8. The minimum absolute atomic E-state index is 0.348. The van der Waals surface area contributed by atoms with Crippen LogP contribution in [0.15, 0.2) is 28.1 Å². The van der Waals surface area contributed by atoms with Gasteiger partial charge in [0.05, 0.1) is 44.7 Å². The third-order valence-electron chi connectivity index (χ3n) is 6.05. The molecule has 0 unspecified atom stereocenters. The van der Waals surface area contributed by atoms with Crippen LogP contribution >= 0.6 is 22.7 Å². The van der Waals surface area contributed by atoms with E-state index < -0.39 is 0 Å². The smallest absolute Gasteiger partial charge is 0.294 e. The van der Waals surface area contributed by atoms with E-state index in [1.165, 1.54) is 11.3 Å². The van der Waals surface area contributed by atoms with Crippen LogP contribution in [0.3, 0.4) is 0 Å². The molecule has 0 spiro atoms. The van der Waals surface area contributed by atoms with E-state index in [1.807, 2.05) is 23.7 Å². The molecule has 1 aliphatic heterocycles. The predicted molar refractivity (Wildman–Crippen MR) is 138 cm³/mol. The lowest BCUT2D eigenvalue weighted by Crippen LogP contribution is -2.36.